The second kappa shape index (κ2) is 7.25. The first kappa shape index (κ1) is 16.8. The van der Waals surface area contributed by atoms with E-state index < -0.39 is 0 Å². The molecule has 3 rings (SSSR count). The zero-order chi connectivity index (χ0) is 17.8. The number of aromatic nitrogens is 3. The molecule has 1 N–H and O–H groups in total. The van der Waals surface area contributed by atoms with Gasteiger partial charge in [0.05, 0.1) is 11.9 Å². The fourth-order valence-electron chi connectivity index (χ4n) is 2.67. The third-order valence-electron chi connectivity index (χ3n) is 4.11. The largest absolute Gasteiger partial charge is 0.352 e. The van der Waals surface area contributed by atoms with Gasteiger partial charge in [0, 0.05) is 42.2 Å². The van der Waals surface area contributed by atoms with Crippen LogP contribution in [0.15, 0.2) is 30.6 Å². The van der Waals surface area contributed by atoms with Gasteiger partial charge in [-0.3, -0.25) is 14.6 Å². The van der Waals surface area contributed by atoms with Gasteiger partial charge in [-0.05, 0) is 19.1 Å². The van der Waals surface area contributed by atoms with Crippen LogP contribution in [0.25, 0.3) is 0 Å². The maximum absolute atomic E-state index is 12.5. The fraction of sp³-hybridized carbons (Fsp3) is 0.353. The summed E-state index contributed by atoms with van der Waals surface area (Å²) in [5.74, 6) is 0.840. The number of hydrogen-bond acceptors (Lipinski definition) is 6. The van der Waals surface area contributed by atoms with Gasteiger partial charge < -0.3 is 15.1 Å². The standard InChI is InChI=1S/C17H20N6O2.2H2/c1-12-16(17(25)20-14-5-3-4-6-18-14)21-15(11-19-12)23-9-7-22(8-10-23)13(2)24;;/h3-6,11H,7-10H2,1-2H3,(H,18,20,25);2*1H. The summed E-state index contributed by atoms with van der Waals surface area (Å²) >= 11 is 0. The second-order valence-electron chi connectivity index (χ2n) is 5.82. The van der Waals surface area contributed by atoms with Crippen LogP contribution in [0, 0.1) is 6.92 Å². The Morgan fingerprint density at radius 1 is 1.16 bits per heavy atom. The van der Waals surface area contributed by atoms with Crippen LogP contribution in [0.3, 0.4) is 0 Å². The monoisotopic (exact) mass is 344 g/mol. The number of anilines is 2. The summed E-state index contributed by atoms with van der Waals surface area (Å²) in [6.07, 6.45) is 3.27. The summed E-state index contributed by atoms with van der Waals surface area (Å²) in [5.41, 5.74) is 0.830. The molecular weight excluding hydrogens is 320 g/mol. The lowest BCUT2D eigenvalue weighted by Crippen LogP contribution is -2.48. The molecule has 0 aromatic carbocycles. The van der Waals surface area contributed by atoms with Gasteiger partial charge >= 0.3 is 0 Å². The first-order chi connectivity index (χ1) is 12.0. The molecule has 0 unspecified atom stereocenters. The summed E-state index contributed by atoms with van der Waals surface area (Å²) in [6, 6.07) is 5.29. The number of carbonyl (C=O) groups excluding carboxylic acids is 2. The molecule has 1 aliphatic heterocycles. The molecule has 2 aromatic rings. The summed E-state index contributed by atoms with van der Waals surface area (Å²) in [4.78, 5) is 40.6. The molecule has 3 heterocycles. The third-order valence-corrected chi connectivity index (χ3v) is 4.11. The highest BCUT2D eigenvalue weighted by Crippen LogP contribution is 2.16. The predicted octanol–water partition coefficient (Wildman–Crippen LogP) is 1.59. The minimum absolute atomic E-state index is 0. The zero-order valence-electron chi connectivity index (χ0n) is 14.3. The number of nitrogens with one attached hydrogen (secondary N) is 1. The van der Waals surface area contributed by atoms with E-state index in [2.05, 4.69) is 20.3 Å². The van der Waals surface area contributed by atoms with E-state index in [9.17, 15) is 9.59 Å². The van der Waals surface area contributed by atoms with E-state index in [1.807, 2.05) is 4.90 Å². The summed E-state index contributed by atoms with van der Waals surface area (Å²) in [5, 5.41) is 2.73. The Hall–Kier alpha value is -3.03. The second-order valence-corrected chi connectivity index (χ2v) is 5.82. The lowest BCUT2D eigenvalue weighted by atomic mass is 10.2. The SMILES string of the molecule is CC(=O)N1CCN(c2cnc(C)c(C(=O)Nc3ccccn3)n2)CC1.[HH].[HH]. The Bertz CT molecular complexity index is 782. The third kappa shape index (κ3) is 3.90. The highest BCUT2D eigenvalue weighted by molar-refractivity contribution is 6.03. The van der Waals surface area contributed by atoms with Gasteiger partial charge in [-0.15, -0.1) is 0 Å². The van der Waals surface area contributed by atoms with Gasteiger partial charge in [0.1, 0.15) is 11.6 Å². The Balaban J connectivity index is 0.00000182. The predicted molar refractivity (Wildman–Crippen MR) is 97.7 cm³/mol. The number of amides is 2. The number of aryl methyl sites for hydroxylation is 1. The van der Waals surface area contributed by atoms with Crippen LogP contribution >= 0.6 is 0 Å². The van der Waals surface area contributed by atoms with E-state index in [0.717, 1.165) is 0 Å². The number of nitrogens with zero attached hydrogens (tertiary/aromatic N) is 5. The van der Waals surface area contributed by atoms with Crippen molar-refractivity contribution < 1.29 is 12.4 Å². The van der Waals surface area contributed by atoms with Crippen LogP contribution in [-0.4, -0.2) is 57.8 Å². The number of rotatable bonds is 3. The minimum Gasteiger partial charge on any atom is -0.352 e. The van der Waals surface area contributed by atoms with Crippen LogP contribution in [0.2, 0.25) is 0 Å². The maximum Gasteiger partial charge on any atom is 0.277 e. The molecule has 1 saturated heterocycles. The van der Waals surface area contributed by atoms with Crippen molar-refractivity contribution in [1.82, 2.24) is 19.9 Å². The van der Waals surface area contributed by atoms with Crippen molar-refractivity contribution in [2.24, 2.45) is 0 Å². The van der Waals surface area contributed by atoms with Gasteiger partial charge in [0.25, 0.3) is 5.91 Å². The van der Waals surface area contributed by atoms with Crippen LogP contribution in [-0.2, 0) is 4.79 Å². The van der Waals surface area contributed by atoms with E-state index in [4.69, 9.17) is 0 Å². The minimum atomic E-state index is -0.340. The molecule has 25 heavy (non-hydrogen) atoms. The molecule has 2 aromatic heterocycles. The van der Waals surface area contributed by atoms with Crippen LogP contribution in [0.5, 0.6) is 0 Å². The number of hydrogen-bond donors (Lipinski definition) is 1. The Morgan fingerprint density at radius 3 is 2.56 bits per heavy atom. The first-order valence-corrected chi connectivity index (χ1v) is 8.11. The topological polar surface area (TPSA) is 91.3 Å². The first-order valence-electron chi connectivity index (χ1n) is 8.11. The van der Waals surface area contributed by atoms with Crippen molar-refractivity contribution in [2.45, 2.75) is 13.8 Å². The van der Waals surface area contributed by atoms with Gasteiger partial charge in [-0.25, -0.2) is 9.97 Å². The van der Waals surface area contributed by atoms with Crippen LogP contribution in [0.1, 0.15) is 26.0 Å². The normalized spacial score (nSPS) is 14.3. The van der Waals surface area contributed by atoms with E-state index in [0.29, 0.717) is 43.5 Å². The molecule has 0 spiro atoms. The molecule has 0 saturated carbocycles. The van der Waals surface area contributed by atoms with E-state index in [-0.39, 0.29) is 20.4 Å². The van der Waals surface area contributed by atoms with Crippen LogP contribution < -0.4 is 10.2 Å². The summed E-state index contributed by atoms with van der Waals surface area (Å²) in [7, 11) is 0. The quantitative estimate of drug-likeness (QED) is 0.909. The lowest BCUT2D eigenvalue weighted by Gasteiger charge is -2.34. The molecule has 0 aliphatic carbocycles. The van der Waals surface area contributed by atoms with Crippen molar-refractivity contribution in [3.8, 4) is 0 Å². The number of pyridine rings is 1. The Morgan fingerprint density at radius 2 is 1.92 bits per heavy atom. The van der Waals surface area contributed by atoms with Gasteiger partial charge in [0.15, 0.2) is 5.69 Å². The van der Waals surface area contributed by atoms with Crippen molar-refractivity contribution in [3.63, 3.8) is 0 Å². The highest BCUT2D eigenvalue weighted by Gasteiger charge is 2.21. The molecule has 1 fully saturated rings. The molecular formula is C17H24N6O2. The molecule has 0 atom stereocenters. The average molecular weight is 344 g/mol. The van der Waals surface area contributed by atoms with Crippen molar-refractivity contribution in [3.05, 3.63) is 42.0 Å². The zero-order valence-corrected chi connectivity index (χ0v) is 14.3. The molecule has 1 aliphatic rings. The van der Waals surface area contributed by atoms with Crippen molar-refractivity contribution >= 4 is 23.5 Å². The number of carbonyl (C=O) groups is 2. The highest BCUT2D eigenvalue weighted by atomic mass is 16.2. The van der Waals surface area contributed by atoms with Gasteiger partial charge in [0.2, 0.25) is 5.91 Å². The fourth-order valence-corrected chi connectivity index (χ4v) is 2.67. The van der Waals surface area contributed by atoms with Gasteiger partial charge in [-0.1, -0.05) is 6.07 Å². The molecule has 134 valence electrons. The lowest BCUT2D eigenvalue weighted by molar-refractivity contribution is -0.129. The Labute approximate surface area is 148 Å². The van der Waals surface area contributed by atoms with E-state index in [1.165, 1.54) is 0 Å². The maximum atomic E-state index is 12.5. The van der Waals surface area contributed by atoms with E-state index >= 15 is 0 Å². The molecule has 0 bridgehead atoms. The Kier molecular flexibility index (Phi) is 4.87. The van der Waals surface area contributed by atoms with E-state index in [1.54, 1.807) is 49.3 Å². The average Bonchev–Trinajstić information content (AvgIpc) is 2.63. The summed E-state index contributed by atoms with van der Waals surface area (Å²) < 4.78 is 0. The van der Waals surface area contributed by atoms with Crippen molar-refractivity contribution in [2.75, 3.05) is 36.4 Å². The number of piperazine rings is 1. The molecule has 8 heteroatoms. The smallest absolute Gasteiger partial charge is 0.277 e. The molecule has 2 amide bonds. The molecule has 8 nitrogen and oxygen atoms in total. The van der Waals surface area contributed by atoms with Crippen molar-refractivity contribution in [1.29, 1.82) is 0 Å². The van der Waals surface area contributed by atoms with Gasteiger partial charge in [-0.2, -0.15) is 0 Å². The molecule has 0 radical (unpaired) electrons. The van der Waals surface area contributed by atoms with Crippen LogP contribution in [0.4, 0.5) is 11.6 Å². The summed E-state index contributed by atoms with van der Waals surface area (Å²) in [6.45, 7) is 5.93.